The van der Waals surface area contributed by atoms with Crippen LogP contribution in [-0.2, 0) is 0 Å². The van der Waals surface area contributed by atoms with Crippen molar-refractivity contribution in [2.75, 3.05) is 24.2 Å². The Labute approximate surface area is 99.1 Å². The van der Waals surface area contributed by atoms with Gasteiger partial charge in [-0.05, 0) is 34.8 Å². The monoisotopic (exact) mass is 269 g/mol. The van der Waals surface area contributed by atoms with Crippen LogP contribution in [-0.4, -0.2) is 18.6 Å². The van der Waals surface area contributed by atoms with Crippen LogP contribution >= 0.6 is 15.9 Å². The number of rotatable bonds is 5. The predicted octanol–water partition coefficient (Wildman–Crippen LogP) is 2.83. The van der Waals surface area contributed by atoms with Crippen LogP contribution in [0.1, 0.15) is 12.8 Å². The molecule has 1 aromatic heterocycles. The van der Waals surface area contributed by atoms with Gasteiger partial charge in [0.1, 0.15) is 0 Å². The summed E-state index contributed by atoms with van der Waals surface area (Å²) in [5.74, 6) is 0.835. The molecule has 0 aliphatic heterocycles. The van der Waals surface area contributed by atoms with E-state index in [-0.39, 0.29) is 0 Å². The topological polar surface area (TPSA) is 42.2 Å². The van der Waals surface area contributed by atoms with Gasteiger partial charge in [0.2, 0.25) is 0 Å². The lowest BCUT2D eigenvalue weighted by Gasteiger charge is -2.19. The van der Waals surface area contributed by atoms with Crippen LogP contribution in [0.2, 0.25) is 0 Å². The number of nitrogens with two attached hydrogens (primary N) is 1. The van der Waals surface area contributed by atoms with Crippen LogP contribution in [0, 0.1) is 0 Å². The smallest absolute Gasteiger partial charge is 0.151 e. The van der Waals surface area contributed by atoms with E-state index in [0.29, 0.717) is 5.69 Å². The molecule has 0 radical (unpaired) electrons. The Hall–Kier alpha value is -1.03. The molecule has 0 fully saturated rings. The van der Waals surface area contributed by atoms with Gasteiger partial charge in [-0.1, -0.05) is 6.08 Å². The molecule has 0 aliphatic rings. The zero-order chi connectivity index (χ0) is 11.3. The Balaban J connectivity index is 2.64. The fourth-order valence-corrected chi connectivity index (χ4v) is 1.69. The van der Waals surface area contributed by atoms with Crippen molar-refractivity contribution >= 4 is 27.4 Å². The van der Waals surface area contributed by atoms with E-state index in [9.17, 15) is 0 Å². The van der Waals surface area contributed by atoms with Gasteiger partial charge in [0.25, 0.3) is 0 Å². The van der Waals surface area contributed by atoms with Gasteiger partial charge in [-0.15, -0.1) is 6.58 Å². The van der Waals surface area contributed by atoms with Crippen LogP contribution in [0.15, 0.2) is 29.4 Å². The lowest BCUT2D eigenvalue weighted by molar-refractivity contribution is 0.793. The quantitative estimate of drug-likeness (QED) is 0.660. The van der Waals surface area contributed by atoms with Crippen molar-refractivity contribution in [2.24, 2.45) is 0 Å². The highest BCUT2D eigenvalue weighted by Crippen LogP contribution is 2.22. The van der Waals surface area contributed by atoms with Gasteiger partial charge in [-0.3, -0.25) is 0 Å². The minimum Gasteiger partial charge on any atom is -0.396 e. The highest BCUT2D eigenvalue weighted by Gasteiger charge is 2.06. The molecular weight excluding hydrogens is 254 g/mol. The molecule has 0 saturated carbocycles. The molecule has 82 valence electrons. The van der Waals surface area contributed by atoms with E-state index in [1.54, 1.807) is 6.20 Å². The van der Waals surface area contributed by atoms with Crippen LogP contribution in [0.4, 0.5) is 11.5 Å². The number of unbranched alkanes of at least 4 members (excludes halogenated alkanes) is 1. The van der Waals surface area contributed by atoms with Crippen molar-refractivity contribution in [3.05, 3.63) is 29.4 Å². The van der Waals surface area contributed by atoms with Crippen molar-refractivity contribution in [3.8, 4) is 0 Å². The van der Waals surface area contributed by atoms with Crippen molar-refractivity contribution < 1.29 is 0 Å². The molecule has 0 unspecified atom stereocenters. The molecule has 0 bridgehead atoms. The van der Waals surface area contributed by atoms with Gasteiger partial charge < -0.3 is 10.6 Å². The average molecular weight is 270 g/mol. The van der Waals surface area contributed by atoms with Crippen molar-refractivity contribution in [1.29, 1.82) is 0 Å². The van der Waals surface area contributed by atoms with Gasteiger partial charge in [0.05, 0.1) is 5.69 Å². The lowest BCUT2D eigenvalue weighted by Crippen LogP contribution is -2.20. The van der Waals surface area contributed by atoms with Gasteiger partial charge in [0.15, 0.2) is 5.82 Å². The maximum atomic E-state index is 5.87. The number of nitrogen functional groups attached to an aromatic ring is 1. The minimum atomic E-state index is 0.700. The number of aromatic nitrogens is 1. The number of anilines is 2. The molecule has 15 heavy (non-hydrogen) atoms. The van der Waals surface area contributed by atoms with E-state index in [0.717, 1.165) is 29.7 Å². The summed E-state index contributed by atoms with van der Waals surface area (Å²) in [7, 11) is 2.00. The molecule has 0 aromatic carbocycles. The second-order valence-electron chi connectivity index (χ2n) is 3.42. The Morgan fingerprint density at radius 2 is 2.40 bits per heavy atom. The Kier molecular flexibility index (Phi) is 4.62. The van der Waals surface area contributed by atoms with Crippen LogP contribution in [0.5, 0.6) is 0 Å². The first-order chi connectivity index (χ1) is 7.15. The van der Waals surface area contributed by atoms with E-state index in [1.807, 2.05) is 19.2 Å². The molecule has 4 heteroatoms. The number of halogens is 1. The number of hydrogen-bond donors (Lipinski definition) is 1. The van der Waals surface area contributed by atoms with Crippen LogP contribution in [0.3, 0.4) is 0 Å². The van der Waals surface area contributed by atoms with Crippen molar-refractivity contribution in [2.45, 2.75) is 12.8 Å². The summed E-state index contributed by atoms with van der Waals surface area (Å²) in [5.41, 5.74) is 6.57. The zero-order valence-electron chi connectivity index (χ0n) is 8.91. The second-order valence-corrected chi connectivity index (χ2v) is 4.33. The zero-order valence-corrected chi connectivity index (χ0v) is 10.5. The number of hydrogen-bond acceptors (Lipinski definition) is 3. The second kappa shape index (κ2) is 5.75. The number of pyridine rings is 1. The molecule has 0 aliphatic carbocycles. The predicted molar refractivity (Wildman–Crippen MR) is 69.1 cm³/mol. The fourth-order valence-electron chi connectivity index (χ4n) is 1.35. The molecular formula is C11H16BrN3. The molecule has 3 nitrogen and oxygen atoms in total. The summed E-state index contributed by atoms with van der Waals surface area (Å²) < 4.78 is 0.906. The first kappa shape index (κ1) is 12.0. The van der Waals surface area contributed by atoms with Crippen molar-refractivity contribution in [3.63, 3.8) is 0 Å². The maximum absolute atomic E-state index is 5.87. The summed E-state index contributed by atoms with van der Waals surface area (Å²) in [4.78, 5) is 6.35. The standard InChI is InChI=1S/C11H16BrN3/c1-3-4-5-6-15(2)11-10(13)7-9(12)8-14-11/h3,7-8H,1,4-6,13H2,2H3. The minimum absolute atomic E-state index is 0.700. The van der Waals surface area contributed by atoms with Crippen molar-refractivity contribution in [1.82, 2.24) is 4.98 Å². The molecule has 1 aromatic rings. The van der Waals surface area contributed by atoms with Gasteiger partial charge >= 0.3 is 0 Å². The average Bonchev–Trinajstić information content (AvgIpc) is 2.17. The molecule has 0 atom stereocenters. The lowest BCUT2D eigenvalue weighted by atomic mass is 10.3. The maximum Gasteiger partial charge on any atom is 0.151 e. The number of allylic oxidation sites excluding steroid dienone is 1. The van der Waals surface area contributed by atoms with E-state index in [1.165, 1.54) is 0 Å². The molecule has 0 amide bonds. The van der Waals surface area contributed by atoms with E-state index < -0.39 is 0 Å². The Morgan fingerprint density at radius 3 is 3.00 bits per heavy atom. The molecule has 1 rings (SSSR count). The highest BCUT2D eigenvalue weighted by atomic mass is 79.9. The molecule has 1 heterocycles. The Morgan fingerprint density at radius 1 is 1.67 bits per heavy atom. The van der Waals surface area contributed by atoms with Gasteiger partial charge in [-0.25, -0.2) is 4.98 Å². The van der Waals surface area contributed by atoms with E-state index >= 15 is 0 Å². The van der Waals surface area contributed by atoms with Gasteiger partial charge in [-0.2, -0.15) is 0 Å². The third kappa shape index (κ3) is 3.55. The first-order valence-electron chi connectivity index (χ1n) is 4.88. The first-order valence-corrected chi connectivity index (χ1v) is 5.67. The third-order valence-electron chi connectivity index (χ3n) is 2.13. The van der Waals surface area contributed by atoms with E-state index in [2.05, 4.69) is 32.4 Å². The van der Waals surface area contributed by atoms with Crippen LogP contribution in [0.25, 0.3) is 0 Å². The van der Waals surface area contributed by atoms with Crippen LogP contribution < -0.4 is 10.6 Å². The number of nitrogens with zero attached hydrogens (tertiary/aromatic N) is 2. The molecule has 2 N–H and O–H groups in total. The summed E-state index contributed by atoms with van der Waals surface area (Å²) in [6.07, 6.45) is 5.76. The SMILES string of the molecule is C=CCCCN(C)c1ncc(Br)cc1N. The Bertz CT molecular complexity index is 339. The molecule has 0 saturated heterocycles. The highest BCUT2D eigenvalue weighted by molar-refractivity contribution is 9.10. The summed E-state index contributed by atoms with van der Waals surface area (Å²) >= 11 is 3.33. The third-order valence-corrected chi connectivity index (χ3v) is 2.56. The summed E-state index contributed by atoms with van der Waals surface area (Å²) in [6, 6.07) is 1.87. The van der Waals surface area contributed by atoms with E-state index in [4.69, 9.17) is 5.73 Å². The fraction of sp³-hybridized carbons (Fsp3) is 0.364. The normalized spacial score (nSPS) is 10.0. The molecule has 0 spiro atoms. The largest absolute Gasteiger partial charge is 0.396 e. The van der Waals surface area contributed by atoms with Gasteiger partial charge in [0, 0.05) is 24.3 Å². The summed E-state index contributed by atoms with van der Waals surface area (Å²) in [6.45, 7) is 4.63. The summed E-state index contributed by atoms with van der Waals surface area (Å²) in [5, 5.41) is 0.